The summed E-state index contributed by atoms with van der Waals surface area (Å²) in [5.41, 5.74) is 1.82. The highest BCUT2D eigenvalue weighted by Gasteiger charge is 2.19. The van der Waals surface area contributed by atoms with E-state index in [1.54, 1.807) is 12.1 Å². The molecule has 2 amide bonds. The summed E-state index contributed by atoms with van der Waals surface area (Å²) >= 11 is 0. The first kappa shape index (κ1) is 17.9. The van der Waals surface area contributed by atoms with Gasteiger partial charge in [-0.3, -0.25) is 15.0 Å². The van der Waals surface area contributed by atoms with E-state index in [0.717, 1.165) is 30.8 Å². The molecule has 7 nitrogen and oxygen atoms in total. The number of nitro benzene ring substituents is 1. The second-order valence-electron chi connectivity index (χ2n) is 6.34. The van der Waals surface area contributed by atoms with Crippen LogP contribution < -0.4 is 5.32 Å². The van der Waals surface area contributed by atoms with Crippen molar-refractivity contribution in [2.75, 3.05) is 31.5 Å². The Bertz CT molecular complexity index is 766. The van der Waals surface area contributed by atoms with E-state index >= 15 is 0 Å². The number of hydrogen-bond donors (Lipinski definition) is 1. The number of urea groups is 1. The first-order valence-corrected chi connectivity index (χ1v) is 8.68. The van der Waals surface area contributed by atoms with Gasteiger partial charge in [0.25, 0.3) is 5.69 Å². The Hall–Kier alpha value is -2.93. The number of nitro groups is 1. The molecule has 2 aromatic carbocycles. The zero-order valence-corrected chi connectivity index (χ0v) is 14.5. The van der Waals surface area contributed by atoms with Crippen LogP contribution >= 0.6 is 0 Å². The van der Waals surface area contributed by atoms with Crippen molar-refractivity contribution in [1.29, 1.82) is 0 Å². The zero-order chi connectivity index (χ0) is 18.4. The third-order valence-corrected chi connectivity index (χ3v) is 4.43. The van der Waals surface area contributed by atoms with Crippen LogP contribution in [0, 0.1) is 10.1 Å². The van der Waals surface area contributed by atoms with Gasteiger partial charge in [-0.2, -0.15) is 0 Å². The Morgan fingerprint density at radius 1 is 1.04 bits per heavy atom. The van der Waals surface area contributed by atoms with Gasteiger partial charge in [0.2, 0.25) is 0 Å². The average molecular weight is 354 g/mol. The third-order valence-electron chi connectivity index (χ3n) is 4.43. The summed E-state index contributed by atoms with van der Waals surface area (Å²) in [4.78, 5) is 27.0. The standard InChI is InChI=1S/C19H22N4O3/c24-19(20-17-7-2-1-3-8-17)22-11-5-10-21(12-13-22)15-16-6-4-9-18(14-16)23(25)26/h1-4,6-9,14H,5,10-13,15H2,(H,20,24). The Labute approximate surface area is 152 Å². The maximum Gasteiger partial charge on any atom is 0.321 e. The van der Waals surface area contributed by atoms with Crippen LogP contribution in [-0.4, -0.2) is 46.9 Å². The van der Waals surface area contributed by atoms with Crippen molar-refractivity contribution in [3.05, 3.63) is 70.3 Å². The molecular weight excluding hydrogens is 332 g/mol. The van der Waals surface area contributed by atoms with Gasteiger partial charge in [0.15, 0.2) is 0 Å². The van der Waals surface area contributed by atoms with Crippen LogP contribution in [0.3, 0.4) is 0 Å². The fraction of sp³-hybridized carbons (Fsp3) is 0.316. The number of amides is 2. The van der Waals surface area contributed by atoms with Gasteiger partial charge in [-0.1, -0.05) is 30.3 Å². The molecule has 0 aliphatic carbocycles. The molecule has 0 aromatic heterocycles. The zero-order valence-electron chi connectivity index (χ0n) is 14.5. The lowest BCUT2D eigenvalue weighted by Gasteiger charge is -2.22. The van der Waals surface area contributed by atoms with E-state index in [9.17, 15) is 14.9 Å². The number of carbonyl (C=O) groups is 1. The summed E-state index contributed by atoms with van der Waals surface area (Å²) in [5.74, 6) is 0. The molecule has 0 atom stereocenters. The summed E-state index contributed by atoms with van der Waals surface area (Å²) < 4.78 is 0. The fourth-order valence-electron chi connectivity index (χ4n) is 3.08. The molecule has 1 aliphatic heterocycles. The first-order chi connectivity index (χ1) is 12.6. The largest absolute Gasteiger partial charge is 0.323 e. The maximum atomic E-state index is 12.4. The monoisotopic (exact) mass is 354 g/mol. The predicted octanol–water partition coefficient (Wildman–Crippen LogP) is 3.33. The molecule has 0 unspecified atom stereocenters. The van der Waals surface area contributed by atoms with Crippen LogP contribution in [-0.2, 0) is 6.54 Å². The molecule has 136 valence electrons. The minimum Gasteiger partial charge on any atom is -0.323 e. The molecule has 1 N–H and O–H groups in total. The summed E-state index contributed by atoms with van der Waals surface area (Å²) in [6.07, 6.45) is 0.872. The van der Waals surface area contributed by atoms with E-state index in [2.05, 4.69) is 10.2 Å². The maximum absolute atomic E-state index is 12.4. The van der Waals surface area contributed by atoms with Crippen LogP contribution in [0.4, 0.5) is 16.2 Å². The Kier molecular flexibility index (Phi) is 5.80. The van der Waals surface area contributed by atoms with E-state index in [1.807, 2.05) is 41.3 Å². The summed E-state index contributed by atoms with van der Waals surface area (Å²) in [6, 6.07) is 16.1. The molecule has 3 rings (SSSR count). The number of hydrogen-bond acceptors (Lipinski definition) is 4. The van der Waals surface area contributed by atoms with E-state index in [4.69, 9.17) is 0 Å². The van der Waals surface area contributed by atoms with E-state index < -0.39 is 0 Å². The van der Waals surface area contributed by atoms with Crippen LogP contribution in [0.25, 0.3) is 0 Å². The third kappa shape index (κ3) is 4.80. The van der Waals surface area contributed by atoms with E-state index in [-0.39, 0.29) is 16.6 Å². The number of nitrogens with one attached hydrogen (secondary N) is 1. The number of anilines is 1. The number of para-hydroxylation sites is 1. The van der Waals surface area contributed by atoms with Gasteiger partial charge in [-0.15, -0.1) is 0 Å². The van der Waals surface area contributed by atoms with Crippen LogP contribution in [0.1, 0.15) is 12.0 Å². The van der Waals surface area contributed by atoms with Crippen molar-refractivity contribution in [3.8, 4) is 0 Å². The second kappa shape index (κ2) is 8.44. The Morgan fingerprint density at radius 2 is 1.85 bits per heavy atom. The fourth-order valence-corrected chi connectivity index (χ4v) is 3.08. The average Bonchev–Trinajstić information content (AvgIpc) is 2.88. The van der Waals surface area contributed by atoms with Gasteiger partial charge in [0.1, 0.15) is 0 Å². The quantitative estimate of drug-likeness (QED) is 0.675. The van der Waals surface area contributed by atoms with Crippen LogP contribution in [0.5, 0.6) is 0 Å². The molecule has 0 spiro atoms. The molecule has 1 fully saturated rings. The predicted molar refractivity (Wildman–Crippen MR) is 100 cm³/mol. The van der Waals surface area contributed by atoms with Crippen LogP contribution in [0.15, 0.2) is 54.6 Å². The SMILES string of the molecule is O=C(Nc1ccccc1)N1CCCN(Cc2cccc([N+](=O)[O-])c2)CC1. The van der Waals surface area contributed by atoms with Crippen molar-refractivity contribution in [2.45, 2.75) is 13.0 Å². The molecule has 26 heavy (non-hydrogen) atoms. The molecule has 1 heterocycles. The lowest BCUT2D eigenvalue weighted by atomic mass is 10.2. The molecular formula is C19H22N4O3. The lowest BCUT2D eigenvalue weighted by Crippen LogP contribution is -2.38. The Balaban J connectivity index is 1.55. The molecule has 0 bridgehead atoms. The highest BCUT2D eigenvalue weighted by molar-refractivity contribution is 5.89. The molecule has 1 saturated heterocycles. The molecule has 2 aromatic rings. The second-order valence-corrected chi connectivity index (χ2v) is 6.34. The van der Waals surface area contributed by atoms with Gasteiger partial charge in [-0.05, 0) is 24.1 Å². The minimum atomic E-state index is -0.373. The van der Waals surface area contributed by atoms with Crippen molar-refractivity contribution >= 4 is 17.4 Å². The smallest absolute Gasteiger partial charge is 0.321 e. The van der Waals surface area contributed by atoms with Crippen molar-refractivity contribution in [3.63, 3.8) is 0 Å². The summed E-state index contributed by atoms with van der Waals surface area (Å²) in [7, 11) is 0. The van der Waals surface area contributed by atoms with Gasteiger partial charge in [-0.25, -0.2) is 4.79 Å². The topological polar surface area (TPSA) is 78.7 Å². The number of benzene rings is 2. The van der Waals surface area contributed by atoms with Crippen molar-refractivity contribution in [1.82, 2.24) is 9.80 Å². The number of carbonyl (C=O) groups excluding carboxylic acids is 1. The molecule has 1 aliphatic rings. The normalized spacial score (nSPS) is 15.3. The molecule has 7 heteroatoms. The van der Waals surface area contributed by atoms with Gasteiger partial charge in [0, 0.05) is 50.5 Å². The van der Waals surface area contributed by atoms with Crippen molar-refractivity contribution < 1.29 is 9.72 Å². The van der Waals surface area contributed by atoms with E-state index in [1.165, 1.54) is 6.07 Å². The molecule has 0 radical (unpaired) electrons. The van der Waals surface area contributed by atoms with E-state index in [0.29, 0.717) is 19.6 Å². The van der Waals surface area contributed by atoms with Gasteiger partial charge in [0.05, 0.1) is 4.92 Å². The summed E-state index contributed by atoms with van der Waals surface area (Å²) in [5, 5.41) is 13.8. The first-order valence-electron chi connectivity index (χ1n) is 8.68. The summed E-state index contributed by atoms with van der Waals surface area (Å²) in [6.45, 7) is 3.58. The van der Waals surface area contributed by atoms with Crippen LogP contribution in [0.2, 0.25) is 0 Å². The van der Waals surface area contributed by atoms with Gasteiger partial charge < -0.3 is 10.2 Å². The lowest BCUT2D eigenvalue weighted by molar-refractivity contribution is -0.384. The highest BCUT2D eigenvalue weighted by atomic mass is 16.6. The number of rotatable bonds is 4. The Morgan fingerprint density at radius 3 is 2.62 bits per heavy atom. The van der Waals surface area contributed by atoms with Gasteiger partial charge >= 0.3 is 6.03 Å². The minimum absolute atomic E-state index is 0.0894. The van der Waals surface area contributed by atoms with Crippen molar-refractivity contribution in [2.24, 2.45) is 0 Å². The number of nitrogens with zero attached hydrogens (tertiary/aromatic N) is 3. The molecule has 0 saturated carbocycles. The highest BCUT2D eigenvalue weighted by Crippen LogP contribution is 2.16. The number of non-ortho nitro benzene ring substituents is 1.